The Morgan fingerprint density at radius 2 is 2.14 bits per heavy atom. The van der Waals surface area contributed by atoms with E-state index in [1.807, 2.05) is 6.08 Å². The number of allylic oxidation sites excluding steroid dienone is 5. The van der Waals surface area contributed by atoms with Crippen LogP contribution in [-0.2, 0) is 4.79 Å². The smallest absolute Gasteiger partial charge is 0.160 e. The molecule has 70 valence electrons. The first kappa shape index (κ1) is 7.92. The lowest BCUT2D eigenvalue weighted by molar-refractivity contribution is -0.114. The second kappa shape index (κ2) is 2.77. The van der Waals surface area contributed by atoms with Crippen LogP contribution in [0.2, 0.25) is 0 Å². The molecule has 0 aromatic heterocycles. The minimum absolute atomic E-state index is 0.207. The van der Waals surface area contributed by atoms with E-state index in [1.165, 1.54) is 17.6 Å². The molecule has 0 aromatic carbocycles. The molecule has 0 atom stereocenters. The van der Waals surface area contributed by atoms with Crippen molar-refractivity contribution < 1.29 is 4.79 Å². The summed E-state index contributed by atoms with van der Waals surface area (Å²) in [5, 5.41) is 0. The fourth-order valence-electron chi connectivity index (χ4n) is 2.28. The van der Waals surface area contributed by atoms with E-state index in [2.05, 4.69) is 11.1 Å². The lowest BCUT2D eigenvalue weighted by Crippen LogP contribution is -2.10. The van der Waals surface area contributed by atoms with Gasteiger partial charge in [0.2, 0.25) is 0 Å². The van der Waals surface area contributed by atoms with E-state index in [9.17, 15) is 4.79 Å². The molecule has 14 heavy (non-hydrogen) atoms. The van der Waals surface area contributed by atoms with Gasteiger partial charge in [-0.2, -0.15) is 0 Å². The van der Waals surface area contributed by atoms with Crippen LogP contribution in [-0.4, -0.2) is 11.5 Å². The summed E-state index contributed by atoms with van der Waals surface area (Å²) in [6, 6.07) is 0. The maximum Gasteiger partial charge on any atom is 0.160 e. The first-order chi connectivity index (χ1) is 6.84. The molecule has 0 radical (unpaired) electrons. The van der Waals surface area contributed by atoms with E-state index in [0.717, 1.165) is 24.3 Å². The molecule has 0 saturated heterocycles. The zero-order chi connectivity index (χ0) is 9.54. The molecule has 0 bridgehead atoms. The number of ketones is 1. The Kier molecular flexibility index (Phi) is 1.57. The van der Waals surface area contributed by atoms with Gasteiger partial charge in [-0.15, -0.1) is 0 Å². The number of carbonyl (C=O) groups excluding carboxylic acids is 1. The van der Waals surface area contributed by atoms with E-state index in [-0.39, 0.29) is 5.78 Å². The van der Waals surface area contributed by atoms with Crippen molar-refractivity contribution in [2.24, 2.45) is 4.99 Å². The second-order valence-electron chi connectivity index (χ2n) is 3.91. The molecule has 3 aliphatic rings. The van der Waals surface area contributed by atoms with Crippen LogP contribution in [0.25, 0.3) is 0 Å². The predicted molar refractivity (Wildman–Crippen MR) is 55.2 cm³/mol. The second-order valence-corrected chi connectivity index (χ2v) is 3.91. The van der Waals surface area contributed by atoms with Gasteiger partial charge >= 0.3 is 0 Å². The summed E-state index contributed by atoms with van der Waals surface area (Å²) in [5.41, 5.74) is 4.65. The lowest BCUT2D eigenvalue weighted by Gasteiger charge is -2.12. The molecule has 0 amide bonds. The van der Waals surface area contributed by atoms with Gasteiger partial charge in [-0.05, 0) is 42.6 Å². The summed E-state index contributed by atoms with van der Waals surface area (Å²) in [5.74, 6) is 0.207. The summed E-state index contributed by atoms with van der Waals surface area (Å²) in [7, 11) is 0. The molecular formula is C12H11NO. The molecular weight excluding hydrogens is 174 g/mol. The molecule has 0 fully saturated rings. The molecule has 2 nitrogen and oxygen atoms in total. The average molecular weight is 185 g/mol. The van der Waals surface area contributed by atoms with Gasteiger partial charge in [0, 0.05) is 6.42 Å². The van der Waals surface area contributed by atoms with Crippen LogP contribution in [0.15, 0.2) is 40.1 Å². The van der Waals surface area contributed by atoms with E-state index in [0.29, 0.717) is 6.42 Å². The quantitative estimate of drug-likeness (QED) is 0.569. The van der Waals surface area contributed by atoms with Crippen molar-refractivity contribution >= 4 is 11.5 Å². The van der Waals surface area contributed by atoms with Crippen LogP contribution in [0.5, 0.6) is 0 Å². The summed E-state index contributed by atoms with van der Waals surface area (Å²) in [6.07, 6.45) is 9.66. The minimum Gasteiger partial charge on any atom is -0.294 e. The highest BCUT2D eigenvalue weighted by Gasteiger charge is 2.26. The Morgan fingerprint density at radius 3 is 3.07 bits per heavy atom. The molecule has 2 aliphatic carbocycles. The predicted octanol–water partition coefficient (Wildman–Crippen LogP) is 2.33. The number of aliphatic imine (C=N–C) groups is 1. The average Bonchev–Trinajstić information content (AvgIpc) is 2.56. The standard InChI is InChI=1S/C12H11NO/c14-8-5-6-12-10(7-8)9-3-1-2-4-11(9)13-12/h4-6H,1-3,7H2. The third kappa shape index (κ3) is 1.03. The molecule has 2 heteroatoms. The minimum atomic E-state index is 0.207. The maximum atomic E-state index is 11.3. The van der Waals surface area contributed by atoms with Crippen LogP contribution >= 0.6 is 0 Å². The first-order valence-electron chi connectivity index (χ1n) is 5.07. The highest BCUT2D eigenvalue weighted by molar-refractivity contribution is 6.20. The molecule has 0 unspecified atom stereocenters. The van der Waals surface area contributed by atoms with E-state index >= 15 is 0 Å². The van der Waals surface area contributed by atoms with Gasteiger partial charge in [0.1, 0.15) is 0 Å². The van der Waals surface area contributed by atoms with Crippen molar-refractivity contribution in [1.29, 1.82) is 0 Å². The molecule has 0 saturated carbocycles. The largest absolute Gasteiger partial charge is 0.294 e. The number of nitrogens with zero attached hydrogens (tertiary/aromatic N) is 1. The summed E-state index contributed by atoms with van der Waals surface area (Å²) in [4.78, 5) is 15.8. The Morgan fingerprint density at radius 1 is 1.21 bits per heavy atom. The van der Waals surface area contributed by atoms with Crippen molar-refractivity contribution in [2.45, 2.75) is 25.7 Å². The Hall–Kier alpha value is -1.44. The van der Waals surface area contributed by atoms with Gasteiger partial charge in [-0.25, -0.2) is 4.99 Å². The summed E-state index contributed by atoms with van der Waals surface area (Å²) >= 11 is 0. The topological polar surface area (TPSA) is 29.4 Å². The monoisotopic (exact) mass is 185 g/mol. The Balaban J connectivity index is 2.15. The maximum absolute atomic E-state index is 11.3. The summed E-state index contributed by atoms with van der Waals surface area (Å²) < 4.78 is 0. The molecule has 0 aromatic rings. The van der Waals surface area contributed by atoms with Gasteiger partial charge < -0.3 is 0 Å². The molecule has 0 spiro atoms. The van der Waals surface area contributed by atoms with Crippen LogP contribution in [0.4, 0.5) is 0 Å². The van der Waals surface area contributed by atoms with Crippen molar-refractivity contribution in [3.05, 3.63) is 35.1 Å². The van der Waals surface area contributed by atoms with E-state index in [4.69, 9.17) is 0 Å². The number of rotatable bonds is 0. The van der Waals surface area contributed by atoms with Crippen molar-refractivity contribution in [2.75, 3.05) is 0 Å². The number of hydrogen-bond donors (Lipinski definition) is 0. The third-order valence-electron chi connectivity index (χ3n) is 2.97. The lowest BCUT2D eigenvalue weighted by atomic mass is 9.90. The molecule has 0 N–H and O–H groups in total. The fourth-order valence-corrected chi connectivity index (χ4v) is 2.28. The van der Waals surface area contributed by atoms with Crippen molar-refractivity contribution in [3.63, 3.8) is 0 Å². The zero-order valence-electron chi connectivity index (χ0n) is 7.92. The number of hydrogen-bond acceptors (Lipinski definition) is 2. The van der Waals surface area contributed by atoms with Crippen LogP contribution < -0.4 is 0 Å². The Bertz CT molecular complexity index is 435. The van der Waals surface area contributed by atoms with Gasteiger partial charge in [-0.3, -0.25) is 4.79 Å². The zero-order valence-corrected chi connectivity index (χ0v) is 7.92. The van der Waals surface area contributed by atoms with Gasteiger partial charge in [-0.1, -0.05) is 6.08 Å². The van der Waals surface area contributed by atoms with Crippen molar-refractivity contribution in [3.8, 4) is 0 Å². The SMILES string of the molecule is O=C1C=CC2=NC3=CCCCC3=C2C1. The summed E-state index contributed by atoms with van der Waals surface area (Å²) in [6.45, 7) is 0. The van der Waals surface area contributed by atoms with Gasteiger partial charge in [0.15, 0.2) is 5.78 Å². The third-order valence-corrected chi connectivity index (χ3v) is 2.97. The highest BCUT2D eigenvalue weighted by atomic mass is 16.1. The van der Waals surface area contributed by atoms with Crippen LogP contribution in [0.1, 0.15) is 25.7 Å². The van der Waals surface area contributed by atoms with Crippen LogP contribution in [0.3, 0.4) is 0 Å². The molecule has 3 rings (SSSR count). The van der Waals surface area contributed by atoms with E-state index in [1.54, 1.807) is 6.08 Å². The van der Waals surface area contributed by atoms with Gasteiger partial charge in [0.25, 0.3) is 0 Å². The van der Waals surface area contributed by atoms with Crippen LogP contribution in [0, 0.1) is 0 Å². The van der Waals surface area contributed by atoms with Crippen molar-refractivity contribution in [1.82, 2.24) is 0 Å². The normalized spacial score (nSPS) is 24.4. The highest BCUT2D eigenvalue weighted by Crippen LogP contribution is 2.36. The fraction of sp³-hybridized carbons (Fsp3) is 0.333. The Labute approximate surface area is 82.7 Å². The molecule has 1 heterocycles. The van der Waals surface area contributed by atoms with Gasteiger partial charge in [0.05, 0.1) is 11.4 Å². The molecule has 1 aliphatic heterocycles. The number of carbonyl (C=O) groups is 1. The van der Waals surface area contributed by atoms with E-state index < -0.39 is 0 Å². The number of fused-ring (bicyclic) bond motifs is 2. The first-order valence-corrected chi connectivity index (χ1v) is 5.07.